The molecule has 0 aromatic carbocycles. The first kappa shape index (κ1) is 12.3. The normalized spacial score (nSPS) is 26.5. The van der Waals surface area contributed by atoms with Gasteiger partial charge in [0.2, 0.25) is 10.0 Å². The van der Waals surface area contributed by atoms with Gasteiger partial charge in [0.25, 0.3) is 0 Å². The summed E-state index contributed by atoms with van der Waals surface area (Å²) in [5, 5.41) is 3.09. The largest absolute Gasteiger partial charge is 0.317 e. The van der Waals surface area contributed by atoms with Crippen LogP contribution >= 0.6 is 0 Å². The Bertz CT molecular complexity index is 302. The van der Waals surface area contributed by atoms with E-state index in [0.717, 1.165) is 51.9 Å². The predicted octanol–water partition coefficient (Wildman–Crippen LogP) is 0.944. The molecule has 0 bridgehead atoms. The van der Waals surface area contributed by atoms with E-state index >= 15 is 0 Å². The van der Waals surface area contributed by atoms with Crippen LogP contribution in [0.2, 0.25) is 0 Å². The molecule has 2 aliphatic rings. The van der Waals surface area contributed by atoms with E-state index in [4.69, 9.17) is 0 Å². The minimum Gasteiger partial charge on any atom is -0.317 e. The average Bonchev–Trinajstić information content (AvgIpc) is 2.59. The average molecular weight is 246 g/mol. The number of piperidine rings is 1. The number of hydrogen-bond acceptors (Lipinski definition) is 3. The van der Waals surface area contributed by atoms with Crippen molar-refractivity contribution < 1.29 is 8.42 Å². The van der Waals surface area contributed by atoms with Crippen LogP contribution in [0.1, 0.15) is 38.5 Å². The van der Waals surface area contributed by atoms with Crippen LogP contribution in [0.25, 0.3) is 0 Å². The summed E-state index contributed by atoms with van der Waals surface area (Å²) in [6.45, 7) is 3.17. The molecule has 2 saturated heterocycles. The zero-order valence-corrected chi connectivity index (χ0v) is 10.6. The van der Waals surface area contributed by atoms with Crippen molar-refractivity contribution in [1.82, 2.24) is 9.62 Å². The first-order valence-corrected chi connectivity index (χ1v) is 7.91. The molecular weight excluding hydrogens is 224 g/mol. The molecule has 0 unspecified atom stereocenters. The summed E-state index contributed by atoms with van der Waals surface area (Å²) in [5.74, 6) is 0. The van der Waals surface area contributed by atoms with Crippen molar-refractivity contribution >= 4 is 10.0 Å². The van der Waals surface area contributed by atoms with E-state index in [1.54, 1.807) is 4.31 Å². The SMILES string of the molecule is O=S(=O)(C1CCNCC1)N1CCCCCC1. The number of nitrogens with zero attached hydrogens (tertiary/aromatic N) is 1. The Morgan fingerprint density at radius 2 is 1.50 bits per heavy atom. The molecule has 16 heavy (non-hydrogen) atoms. The summed E-state index contributed by atoms with van der Waals surface area (Å²) in [5.41, 5.74) is 0. The van der Waals surface area contributed by atoms with Gasteiger partial charge in [-0.15, -0.1) is 0 Å². The van der Waals surface area contributed by atoms with Crippen molar-refractivity contribution in [1.29, 1.82) is 0 Å². The van der Waals surface area contributed by atoms with Crippen LogP contribution in [-0.4, -0.2) is 44.2 Å². The zero-order chi connectivity index (χ0) is 11.4. The van der Waals surface area contributed by atoms with Crippen LogP contribution in [0.5, 0.6) is 0 Å². The number of hydrogen-bond donors (Lipinski definition) is 1. The maximum atomic E-state index is 12.4. The monoisotopic (exact) mass is 246 g/mol. The molecule has 0 atom stereocenters. The number of sulfonamides is 1. The van der Waals surface area contributed by atoms with Gasteiger partial charge in [-0.3, -0.25) is 0 Å². The highest BCUT2D eigenvalue weighted by Crippen LogP contribution is 2.21. The summed E-state index contributed by atoms with van der Waals surface area (Å²) in [4.78, 5) is 0. The van der Waals surface area contributed by atoms with Crippen molar-refractivity contribution in [3.05, 3.63) is 0 Å². The molecule has 2 aliphatic heterocycles. The molecule has 2 fully saturated rings. The topological polar surface area (TPSA) is 49.4 Å². The lowest BCUT2D eigenvalue weighted by atomic mass is 10.2. The maximum absolute atomic E-state index is 12.4. The highest BCUT2D eigenvalue weighted by atomic mass is 32.2. The molecule has 0 aromatic heterocycles. The van der Waals surface area contributed by atoms with Gasteiger partial charge in [0.15, 0.2) is 0 Å². The summed E-state index contributed by atoms with van der Waals surface area (Å²) in [6, 6.07) is 0. The fourth-order valence-corrected chi connectivity index (χ4v) is 4.62. The lowest BCUT2D eigenvalue weighted by Gasteiger charge is -2.29. The number of nitrogens with one attached hydrogen (secondary N) is 1. The second-order valence-electron chi connectivity index (χ2n) is 4.81. The van der Waals surface area contributed by atoms with Gasteiger partial charge < -0.3 is 5.32 Å². The molecule has 1 N–H and O–H groups in total. The Morgan fingerprint density at radius 3 is 2.06 bits per heavy atom. The Hall–Kier alpha value is -0.130. The molecule has 2 heterocycles. The van der Waals surface area contributed by atoms with E-state index in [0.29, 0.717) is 0 Å². The molecule has 0 saturated carbocycles. The van der Waals surface area contributed by atoms with Gasteiger partial charge in [0, 0.05) is 13.1 Å². The Labute approximate surface area is 98.4 Å². The van der Waals surface area contributed by atoms with Crippen molar-refractivity contribution in [2.75, 3.05) is 26.2 Å². The van der Waals surface area contributed by atoms with Gasteiger partial charge in [-0.05, 0) is 38.8 Å². The predicted molar refractivity (Wildman–Crippen MR) is 64.9 cm³/mol. The molecule has 0 amide bonds. The standard InChI is InChI=1S/C11H22N2O2S/c14-16(15,11-5-7-12-8-6-11)13-9-3-1-2-4-10-13/h11-12H,1-10H2. The van der Waals surface area contributed by atoms with E-state index in [2.05, 4.69) is 5.32 Å². The van der Waals surface area contributed by atoms with Crippen LogP contribution in [0.15, 0.2) is 0 Å². The minimum atomic E-state index is -3.02. The van der Waals surface area contributed by atoms with E-state index in [9.17, 15) is 8.42 Å². The van der Waals surface area contributed by atoms with Gasteiger partial charge in [0.05, 0.1) is 5.25 Å². The third-order valence-electron chi connectivity index (χ3n) is 3.63. The van der Waals surface area contributed by atoms with Crippen molar-refractivity contribution in [3.8, 4) is 0 Å². The first-order valence-electron chi connectivity index (χ1n) is 6.41. The van der Waals surface area contributed by atoms with Crippen LogP contribution in [0, 0.1) is 0 Å². The lowest BCUT2D eigenvalue weighted by molar-refractivity contribution is 0.399. The summed E-state index contributed by atoms with van der Waals surface area (Å²) < 4.78 is 26.5. The molecule has 0 spiro atoms. The first-order chi connectivity index (χ1) is 7.71. The summed E-state index contributed by atoms with van der Waals surface area (Å²) in [7, 11) is -3.02. The third-order valence-corrected chi connectivity index (χ3v) is 6.03. The highest BCUT2D eigenvalue weighted by molar-refractivity contribution is 7.89. The second-order valence-corrected chi connectivity index (χ2v) is 7.02. The van der Waals surface area contributed by atoms with Crippen LogP contribution in [0.4, 0.5) is 0 Å². The highest BCUT2D eigenvalue weighted by Gasteiger charge is 2.32. The zero-order valence-electron chi connectivity index (χ0n) is 9.82. The Morgan fingerprint density at radius 1 is 0.938 bits per heavy atom. The van der Waals surface area contributed by atoms with Gasteiger partial charge in [-0.2, -0.15) is 0 Å². The van der Waals surface area contributed by atoms with E-state index in [-0.39, 0.29) is 5.25 Å². The summed E-state index contributed by atoms with van der Waals surface area (Å²) >= 11 is 0. The smallest absolute Gasteiger partial charge is 0.217 e. The molecule has 0 radical (unpaired) electrons. The van der Waals surface area contributed by atoms with E-state index in [1.165, 1.54) is 12.8 Å². The molecule has 2 rings (SSSR count). The van der Waals surface area contributed by atoms with Crippen LogP contribution in [0.3, 0.4) is 0 Å². The molecule has 5 heteroatoms. The Kier molecular flexibility index (Phi) is 4.21. The van der Waals surface area contributed by atoms with Gasteiger partial charge in [-0.1, -0.05) is 12.8 Å². The maximum Gasteiger partial charge on any atom is 0.217 e. The molecule has 0 aliphatic carbocycles. The molecule has 0 aromatic rings. The van der Waals surface area contributed by atoms with Crippen molar-refractivity contribution in [3.63, 3.8) is 0 Å². The van der Waals surface area contributed by atoms with Crippen LogP contribution in [-0.2, 0) is 10.0 Å². The van der Waals surface area contributed by atoms with Gasteiger partial charge in [-0.25, -0.2) is 12.7 Å². The Balaban J connectivity index is 2.03. The third kappa shape index (κ3) is 2.76. The number of rotatable bonds is 2. The molecule has 94 valence electrons. The summed E-state index contributed by atoms with van der Waals surface area (Å²) in [6.07, 6.45) is 5.97. The second kappa shape index (κ2) is 5.47. The van der Waals surface area contributed by atoms with Crippen molar-refractivity contribution in [2.45, 2.75) is 43.8 Å². The van der Waals surface area contributed by atoms with Crippen molar-refractivity contribution in [2.24, 2.45) is 0 Å². The molecule has 4 nitrogen and oxygen atoms in total. The fourth-order valence-electron chi connectivity index (χ4n) is 2.60. The lowest BCUT2D eigenvalue weighted by Crippen LogP contribution is -2.44. The van der Waals surface area contributed by atoms with Crippen LogP contribution < -0.4 is 5.32 Å². The van der Waals surface area contributed by atoms with E-state index < -0.39 is 10.0 Å². The van der Waals surface area contributed by atoms with Gasteiger partial charge in [0.1, 0.15) is 0 Å². The van der Waals surface area contributed by atoms with E-state index in [1.807, 2.05) is 0 Å². The molecular formula is C11H22N2O2S. The fraction of sp³-hybridized carbons (Fsp3) is 1.00. The quantitative estimate of drug-likeness (QED) is 0.789. The van der Waals surface area contributed by atoms with Gasteiger partial charge >= 0.3 is 0 Å². The minimum absolute atomic E-state index is 0.133.